The first kappa shape index (κ1) is 84.7. The highest BCUT2D eigenvalue weighted by molar-refractivity contribution is 5.61. The van der Waals surface area contributed by atoms with Crippen LogP contribution in [0.2, 0.25) is 0 Å². The van der Waals surface area contributed by atoms with E-state index < -0.39 is 238 Å². The van der Waals surface area contributed by atoms with Gasteiger partial charge in [-0.3, -0.25) is 0 Å². The molecule has 3 aromatic rings. The van der Waals surface area contributed by atoms with Gasteiger partial charge in [0.1, 0.15) is 0 Å². The topological polar surface area (TPSA) is 0 Å². The van der Waals surface area contributed by atoms with Gasteiger partial charge in [-0.05, 0) is 104 Å². The predicted octanol–water partition coefficient (Wildman–Crippen LogP) is 24.9. The molecular weight excluding hydrogens is 1400 g/mol. The Balaban J connectivity index is 0.000000698. The average molecular weight is 1440 g/mol. The van der Waals surface area contributed by atoms with Crippen LogP contribution in [0.3, 0.4) is 0 Å². The molecule has 0 N–H and O–H groups in total. The second-order valence-electron chi connectivity index (χ2n) is 20.5. The molecule has 92 heavy (non-hydrogen) atoms. The molecule has 534 valence electrons. The quantitative estimate of drug-likeness (QED) is 0.187. The van der Waals surface area contributed by atoms with Gasteiger partial charge in [-0.1, -0.05) is 41.5 Å². The summed E-state index contributed by atoms with van der Waals surface area (Å²) in [6.07, 6.45) is -91.9. The molecule has 42 heteroatoms. The Kier molecular flexibility index (Phi) is 23.7. The van der Waals surface area contributed by atoms with E-state index in [-0.39, 0.29) is 25.0 Å². The molecule has 0 amide bonds. The largest absolute Gasteiger partial charge is 0.417 e. The molecule has 0 nitrogen and oxygen atoms in total. The number of rotatable bonds is 9. The van der Waals surface area contributed by atoms with Gasteiger partial charge in [0, 0.05) is 11.1 Å². The lowest BCUT2D eigenvalue weighted by Gasteiger charge is -2.40. The van der Waals surface area contributed by atoms with Gasteiger partial charge in [-0.25, -0.2) is 0 Å². The standard InChI is InChI=1S/C18H12F18.2C16H14F12/c1-4-5(2)6-7(13(19,20)21)10(15(25,26)27)9(12(3,17(31,32)33)18(34,35)36)11(16(28,29)30)8(6)14(22,23)24;1-4-7(2)11-9(13(17,18)19)5-8(6-10(11)14(20,21)22)12(3,15(23,24)25)16(26,27)28;1-4-7(2)8-5-9(13(17,18)19)11(10(6-8)14(20,21)22)12(3,15(23,24)25)16(26,27)28/h5H,4H2,1-3H3;2*5-7H,4H2,1-3H3. The minimum absolute atomic E-state index is 0.00372. The summed E-state index contributed by atoms with van der Waals surface area (Å²) in [7, 11) is 0. The molecule has 0 saturated heterocycles. The first-order valence-electron chi connectivity index (χ1n) is 24.4. The lowest BCUT2D eigenvalue weighted by molar-refractivity contribution is -0.301. The summed E-state index contributed by atoms with van der Waals surface area (Å²) in [5, 5.41) is 0. The Labute approximate surface area is 488 Å². The Morgan fingerprint density at radius 2 is 0.457 bits per heavy atom. The maximum atomic E-state index is 13.8. The van der Waals surface area contributed by atoms with Crippen LogP contribution >= 0.6 is 0 Å². The predicted molar refractivity (Wildman–Crippen MR) is 234 cm³/mol. The van der Waals surface area contributed by atoms with Gasteiger partial charge in [-0.2, -0.15) is 184 Å². The summed E-state index contributed by atoms with van der Waals surface area (Å²) in [4.78, 5) is 0. The van der Waals surface area contributed by atoms with Crippen LogP contribution < -0.4 is 0 Å². The number of hydrogen-bond donors (Lipinski definition) is 0. The zero-order chi connectivity index (χ0) is 74.3. The van der Waals surface area contributed by atoms with Crippen molar-refractivity contribution in [3.8, 4) is 0 Å². The van der Waals surface area contributed by atoms with Gasteiger partial charge in [0.2, 0.25) is 0 Å². The normalized spacial score (nSPS) is 15.8. The number of hydrogen-bond acceptors (Lipinski definition) is 0. The number of halogens is 42. The van der Waals surface area contributed by atoms with Crippen LogP contribution in [0.1, 0.15) is 177 Å². The van der Waals surface area contributed by atoms with Crippen LogP contribution in [-0.4, -0.2) is 37.1 Å². The summed E-state index contributed by atoms with van der Waals surface area (Å²) in [6, 6.07) is -1.13. The minimum atomic E-state index is -7.28. The van der Waals surface area contributed by atoms with E-state index in [0.29, 0.717) is 6.92 Å². The first-order valence-corrected chi connectivity index (χ1v) is 24.4. The van der Waals surface area contributed by atoms with Crippen molar-refractivity contribution in [1.29, 1.82) is 0 Å². The third kappa shape index (κ3) is 16.7. The van der Waals surface area contributed by atoms with Gasteiger partial charge in [0.15, 0.2) is 16.2 Å². The van der Waals surface area contributed by atoms with Gasteiger partial charge < -0.3 is 0 Å². The lowest BCUT2D eigenvalue weighted by atomic mass is 9.70. The Morgan fingerprint density at radius 3 is 0.652 bits per heavy atom. The molecule has 0 fully saturated rings. The minimum Gasteiger partial charge on any atom is -0.170 e. The summed E-state index contributed by atoms with van der Waals surface area (Å²) in [6.45, 7) is 3.18. The molecule has 3 rings (SSSR count). The highest BCUT2D eigenvalue weighted by atomic mass is 19.5. The molecule has 0 aliphatic carbocycles. The van der Waals surface area contributed by atoms with Gasteiger partial charge >= 0.3 is 86.5 Å². The van der Waals surface area contributed by atoms with E-state index in [1.54, 1.807) is 0 Å². The molecule has 0 saturated carbocycles. The maximum absolute atomic E-state index is 13.8. The smallest absolute Gasteiger partial charge is 0.170 e. The molecule has 0 radical (unpaired) electrons. The van der Waals surface area contributed by atoms with Crippen LogP contribution in [0.4, 0.5) is 184 Å². The van der Waals surface area contributed by atoms with Crippen LogP contribution in [0.15, 0.2) is 24.3 Å². The highest BCUT2D eigenvalue weighted by Gasteiger charge is 2.75. The Hall–Kier alpha value is -5.28. The fourth-order valence-electron chi connectivity index (χ4n) is 8.81. The zero-order valence-electron chi connectivity index (χ0n) is 46.5. The van der Waals surface area contributed by atoms with Crippen molar-refractivity contribution in [1.82, 2.24) is 0 Å². The molecule has 3 aromatic carbocycles. The lowest BCUT2D eigenvalue weighted by Crippen LogP contribution is -2.54. The zero-order valence-corrected chi connectivity index (χ0v) is 46.5. The third-order valence-corrected chi connectivity index (χ3v) is 14.6. The molecule has 3 unspecified atom stereocenters. The van der Waals surface area contributed by atoms with Crippen LogP contribution in [0, 0.1) is 0 Å². The monoisotopic (exact) mass is 1440 g/mol. The van der Waals surface area contributed by atoms with Crippen molar-refractivity contribution in [2.75, 3.05) is 0 Å². The SMILES string of the molecule is CCC(C)c1c(C(F)(F)F)c(C(F)(F)F)c(C(C)(C(F)(F)F)C(F)(F)F)c(C(F)(F)F)c1C(F)(F)F.CCC(C)c1c(C(F)(F)F)cc(C(C)(C(F)(F)F)C(F)(F)F)cc1C(F)(F)F.CCC(C)c1cc(C(F)(F)F)c(C(C)(C(F)(F)F)C(F)(F)F)c(C(F)(F)F)c1. The van der Waals surface area contributed by atoms with Gasteiger partial charge in [0.25, 0.3) is 0 Å². The first-order chi connectivity index (χ1) is 39.9. The Bertz CT molecular complexity index is 2840. The molecule has 0 aromatic heterocycles. The van der Waals surface area contributed by atoms with E-state index in [1.807, 2.05) is 0 Å². The molecule has 0 heterocycles. The summed E-state index contributed by atoms with van der Waals surface area (Å²) in [5.41, 5.74) is -56.4. The van der Waals surface area contributed by atoms with Crippen molar-refractivity contribution < 1.29 is 184 Å². The average Bonchev–Trinajstić information content (AvgIpc) is 0.698. The van der Waals surface area contributed by atoms with Gasteiger partial charge in [-0.15, -0.1) is 0 Å². The molecule has 3 atom stereocenters. The number of benzene rings is 3. The molecule has 0 spiro atoms. The van der Waals surface area contributed by atoms with E-state index in [0.717, 1.165) is 13.8 Å². The number of alkyl halides is 42. The van der Waals surface area contributed by atoms with E-state index >= 15 is 0 Å². The van der Waals surface area contributed by atoms with Crippen LogP contribution in [0.25, 0.3) is 0 Å². The van der Waals surface area contributed by atoms with Crippen molar-refractivity contribution in [3.05, 3.63) is 102 Å². The van der Waals surface area contributed by atoms with Crippen LogP contribution in [-0.2, 0) is 65.7 Å². The van der Waals surface area contributed by atoms with E-state index in [2.05, 4.69) is 0 Å². The summed E-state index contributed by atoms with van der Waals surface area (Å²) in [5.74, 6) is -4.89. The van der Waals surface area contributed by atoms with Crippen LogP contribution in [0.5, 0.6) is 0 Å². The second-order valence-corrected chi connectivity index (χ2v) is 20.5. The van der Waals surface area contributed by atoms with E-state index in [9.17, 15) is 184 Å². The van der Waals surface area contributed by atoms with E-state index in [1.165, 1.54) is 20.8 Å². The van der Waals surface area contributed by atoms with Crippen molar-refractivity contribution in [2.24, 2.45) is 0 Å². The summed E-state index contributed by atoms with van der Waals surface area (Å²) < 4.78 is 566. The van der Waals surface area contributed by atoms with Crippen molar-refractivity contribution in [3.63, 3.8) is 0 Å². The maximum Gasteiger partial charge on any atom is 0.417 e. The second kappa shape index (κ2) is 25.7. The molecule has 0 bridgehead atoms. The molecule has 0 aliphatic heterocycles. The third-order valence-electron chi connectivity index (χ3n) is 14.6. The van der Waals surface area contributed by atoms with Crippen molar-refractivity contribution >= 4 is 0 Å². The Morgan fingerprint density at radius 1 is 0.239 bits per heavy atom. The molecule has 0 aliphatic rings. The fraction of sp³-hybridized carbons (Fsp3) is 0.640. The summed E-state index contributed by atoms with van der Waals surface area (Å²) >= 11 is 0. The highest BCUT2D eigenvalue weighted by Crippen LogP contribution is 2.64. The fourth-order valence-corrected chi connectivity index (χ4v) is 8.81. The van der Waals surface area contributed by atoms with Gasteiger partial charge in [0.05, 0.1) is 44.5 Å². The molecular formula is C50H40F42. The van der Waals surface area contributed by atoms with Crippen molar-refractivity contribution in [2.45, 2.75) is 202 Å². The van der Waals surface area contributed by atoms with E-state index in [4.69, 9.17) is 0 Å².